The molecule has 1 heterocycles. The molecule has 194 valence electrons. The van der Waals surface area contributed by atoms with Gasteiger partial charge in [-0.3, -0.25) is 4.79 Å². The van der Waals surface area contributed by atoms with Crippen LogP contribution in [0.5, 0.6) is 5.75 Å². The van der Waals surface area contributed by atoms with Gasteiger partial charge in [0.1, 0.15) is 5.75 Å². The third kappa shape index (κ3) is 5.25. The van der Waals surface area contributed by atoms with Gasteiger partial charge in [-0.1, -0.05) is 72.3 Å². The highest BCUT2D eigenvalue weighted by Crippen LogP contribution is 2.47. The molecule has 3 aromatic rings. The maximum Gasteiger partial charge on any atom is 0.336 e. The van der Waals surface area contributed by atoms with E-state index in [0.717, 1.165) is 22.4 Å². The lowest BCUT2D eigenvalue weighted by Gasteiger charge is -2.37. The van der Waals surface area contributed by atoms with E-state index in [1.165, 1.54) is 0 Å². The molecule has 0 fully saturated rings. The van der Waals surface area contributed by atoms with E-state index in [1.54, 1.807) is 7.11 Å². The molecule has 2 atom stereocenters. The summed E-state index contributed by atoms with van der Waals surface area (Å²) in [5.41, 5.74) is 5.52. The van der Waals surface area contributed by atoms with Crippen LogP contribution in [0.4, 0.5) is 0 Å². The molecule has 0 amide bonds. The van der Waals surface area contributed by atoms with Gasteiger partial charge in [0.15, 0.2) is 5.78 Å². The summed E-state index contributed by atoms with van der Waals surface area (Å²) in [4.78, 5) is 27.4. The minimum atomic E-state index is -0.578. The molecule has 0 saturated heterocycles. The molecule has 0 spiro atoms. The molecular weight excluding hydrogens is 498 g/mol. The predicted molar refractivity (Wildman–Crippen MR) is 148 cm³/mol. The van der Waals surface area contributed by atoms with Crippen molar-refractivity contribution in [2.75, 3.05) is 13.7 Å². The predicted octanol–water partition coefficient (Wildman–Crippen LogP) is 6.50. The van der Waals surface area contributed by atoms with Gasteiger partial charge < -0.3 is 14.8 Å². The van der Waals surface area contributed by atoms with Crippen LogP contribution in [0.2, 0.25) is 5.02 Å². The Morgan fingerprint density at radius 1 is 0.974 bits per heavy atom. The van der Waals surface area contributed by atoms with Crippen LogP contribution >= 0.6 is 11.6 Å². The number of benzene rings is 3. The summed E-state index contributed by atoms with van der Waals surface area (Å²) in [5.74, 6) is -0.347. The summed E-state index contributed by atoms with van der Waals surface area (Å²) >= 11 is 6.09. The zero-order valence-corrected chi connectivity index (χ0v) is 22.3. The number of ketones is 1. The fourth-order valence-electron chi connectivity index (χ4n) is 5.48. The van der Waals surface area contributed by atoms with Crippen molar-refractivity contribution in [1.82, 2.24) is 5.32 Å². The van der Waals surface area contributed by atoms with Gasteiger partial charge in [-0.25, -0.2) is 4.79 Å². The molecular formula is C32H30ClNO4. The fraction of sp³-hybridized carbons (Fsp3) is 0.250. The molecule has 0 radical (unpaired) electrons. The summed E-state index contributed by atoms with van der Waals surface area (Å²) in [6.07, 6.45) is 1.62. The zero-order chi connectivity index (χ0) is 26.6. The number of methoxy groups -OCH3 is 1. The van der Waals surface area contributed by atoms with Gasteiger partial charge in [0, 0.05) is 40.4 Å². The molecule has 5 rings (SSSR count). The van der Waals surface area contributed by atoms with Gasteiger partial charge in [-0.15, -0.1) is 0 Å². The first-order chi connectivity index (χ1) is 18.5. The van der Waals surface area contributed by atoms with E-state index in [0.29, 0.717) is 46.9 Å². The quantitative estimate of drug-likeness (QED) is 0.355. The highest BCUT2D eigenvalue weighted by Gasteiger charge is 2.42. The van der Waals surface area contributed by atoms with Crippen molar-refractivity contribution < 1.29 is 19.1 Å². The Hall–Kier alpha value is -3.83. The average molecular weight is 528 g/mol. The van der Waals surface area contributed by atoms with E-state index in [4.69, 9.17) is 21.1 Å². The normalized spacial score (nSPS) is 19.1. The number of hydrogen-bond donors (Lipinski definition) is 1. The van der Waals surface area contributed by atoms with Gasteiger partial charge in [0.2, 0.25) is 0 Å². The van der Waals surface area contributed by atoms with E-state index in [-0.39, 0.29) is 18.3 Å². The number of esters is 1. The van der Waals surface area contributed by atoms with Crippen molar-refractivity contribution in [3.63, 3.8) is 0 Å². The number of para-hydroxylation sites is 1. The second-order valence-corrected chi connectivity index (χ2v) is 10.1. The lowest BCUT2D eigenvalue weighted by Crippen LogP contribution is -2.36. The molecule has 0 saturated carbocycles. The number of allylic oxidation sites excluding steroid dienone is 3. The minimum Gasteiger partial charge on any atom is -0.496 e. The molecule has 1 aliphatic carbocycles. The van der Waals surface area contributed by atoms with Crippen LogP contribution in [0, 0.1) is 0 Å². The van der Waals surface area contributed by atoms with E-state index in [1.807, 2.05) is 85.8 Å². The van der Waals surface area contributed by atoms with E-state index >= 15 is 0 Å². The lowest BCUT2D eigenvalue weighted by molar-refractivity contribution is -0.139. The van der Waals surface area contributed by atoms with Crippen molar-refractivity contribution in [1.29, 1.82) is 0 Å². The first-order valence-electron chi connectivity index (χ1n) is 12.8. The Morgan fingerprint density at radius 3 is 2.42 bits per heavy atom. The maximum absolute atomic E-state index is 13.8. The topological polar surface area (TPSA) is 64.6 Å². The standard InChI is InChI=1S/C32H30ClNO4/c1-20-29(32(36)38-17-16-21-8-4-3-5-9-21)30(25-10-6-7-11-28(25)37-2)31-26(34-20)18-23(19-27(31)35)22-12-14-24(33)15-13-22/h3-15,23,30,34H,16-19H2,1-2H3/t23-,30+/m1/s1. The summed E-state index contributed by atoms with van der Waals surface area (Å²) < 4.78 is 11.4. The number of dihydropyridines is 1. The van der Waals surface area contributed by atoms with Crippen molar-refractivity contribution >= 4 is 23.4 Å². The second-order valence-electron chi connectivity index (χ2n) is 9.68. The fourth-order valence-corrected chi connectivity index (χ4v) is 5.61. The molecule has 5 nitrogen and oxygen atoms in total. The smallest absolute Gasteiger partial charge is 0.336 e. The average Bonchev–Trinajstić information content (AvgIpc) is 2.93. The Labute approximate surface area is 228 Å². The number of nitrogens with one attached hydrogen (secondary N) is 1. The number of rotatable bonds is 7. The second kappa shape index (κ2) is 11.3. The summed E-state index contributed by atoms with van der Waals surface area (Å²) in [6, 6.07) is 25.1. The summed E-state index contributed by atoms with van der Waals surface area (Å²) in [6.45, 7) is 2.12. The van der Waals surface area contributed by atoms with Crippen LogP contribution in [-0.2, 0) is 20.7 Å². The number of Topliss-reactive ketones (excluding diaryl/α,β-unsaturated/α-hetero) is 1. The third-order valence-electron chi connectivity index (χ3n) is 7.31. The largest absolute Gasteiger partial charge is 0.496 e. The van der Waals surface area contributed by atoms with Crippen molar-refractivity contribution in [3.05, 3.63) is 123 Å². The van der Waals surface area contributed by atoms with Crippen LogP contribution in [0.3, 0.4) is 0 Å². The Balaban J connectivity index is 1.49. The highest BCUT2D eigenvalue weighted by atomic mass is 35.5. The number of halogens is 1. The molecule has 0 unspecified atom stereocenters. The number of carbonyl (C=O) groups is 2. The Kier molecular flexibility index (Phi) is 7.66. The molecule has 38 heavy (non-hydrogen) atoms. The van der Waals surface area contributed by atoms with Gasteiger partial charge in [0.25, 0.3) is 0 Å². The molecule has 3 aromatic carbocycles. The molecule has 6 heteroatoms. The van der Waals surface area contributed by atoms with Gasteiger partial charge >= 0.3 is 5.97 Å². The monoisotopic (exact) mass is 527 g/mol. The van der Waals surface area contributed by atoms with Crippen LogP contribution < -0.4 is 10.1 Å². The number of carbonyl (C=O) groups excluding carboxylic acids is 2. The molecule has 1 aliphatic heterocycles. The maximum atomic E-state index is 13.8. The lowest BCUT2D eigenvalue weighted by atomic mass is 9.71. The summed E-state index contributed by atoms with van der Waals surface area (Å²) in [5, 5.41) is 4.07. The first kappa shape index (κ1) is 25.8. The van der Waals surface area contributed by atoms with Crippen LogP contribution in [-0.4, -0.2) is 25.5 Å². The molecule has 2 aliphatic rings. The minimum absolute atomic E-state index is 0.0108. The molecule has 1 N–H and O–H groups in total. The van der Waals surface area contributed by atoms with Gasteiger partial charge in [-0.05, 0) is 48.6 Å². The van der Waals surface area contributed by atoms with Crippen molar-refractivity contribution in [2.24, 2.45) is 0 Å². The Bertz CT molecular complexity index is 1410. The SMILES string of the molecule is COc1ccccc1[C@H]1C(C(=O)OCCc2ccccc2)=C(C)NC2=C1C(=O)C[C@H](c1ccc(Cl)cc1)C2. The van der Waals surface area contributed by atoms with Gasteiger partial charge in [-0.2, -0.15) is 0 Å². The molecule has 0 bridgehead atoms. The Morgan fingerprint density at radius 2 is 1.68 bits per heavy atom. The first-order valence-corrected chi connectivity index (χ1v) is 13.2. The summed E-state index contributed by atoms with van der Waals surface area (Å²) in [7, 11) is 1.60. The number of hydrogen-bond acceptors (Lipinski definition) is 5. The van der Waals surface area contributed by atoms with E-state index in [9.17, 15) is 9.59 Å². The van der Waals surface area contributed by atoms with Gasteiger partial charge in [0.05, 0.1) is 25.2 Å². The van der Waals surface area contributed by atoms with Crippen LogP contribution in [0.25, 0.3) is 0 Å². The van der Waals surface area contributed by atoms with E-state index in [2.05, 4.69) is 5.32 Å². The third-order valence-corrected chi connectivity index (χ3v) is 7.56. The molecule has 0 aromatic heterocycles. The van der Waals surface area contributed by atoms with Crippen LogP contribution in [0.15, 0.2) is 101 Å². The highest BCUT2D eigenvalue weighted by molar-refractivity contribution is 6.30. The van der Waals surface area contributed by atoms with E-state index < -0.39 is 11.9 Å². The zero-order valence-electron chi connectivity index (χ0n) is 21.5. The van der Waals surface area contributed by atoms with Crippen molar-refractivity contribution in [2.45, 2.75) is 38.0 Å². The van der Waals surface area contributed by atoms with Crippen molar-refractivity contribution in [3.8, 4) is 5.75 Å². The van der Waals surface area contributed by atoms with Crippen LogP contribution in [0.1, 0.15) is 48.3 Å². The number of ether oxygens (including phenoxy) is 2.